The Balaban J connectivity index is 2.14. The molecule has 1 unspecified atom stereocenters. The van der Waals surface area contributed by atoms with Crippen LogP contribution in [0.3, 0.4) is 0 Å². The molecule has 1 saturated heterocycles. The van der Waals surface area contributed by atoms with E-state index in [-0.39, 0.29) is 42.3 Å². The number of likely N-dealkylation sites (tertiary alicyclic amines) is 1. The van der Waals surface area contributed by atoms with E-state index in [1.54, 1.807) is 0 Å². The van der Waals surface area contributed by atoms with E-state index in [9.17, 15) is 31.1 Å². The number of nitrogens with zero attached hydrogens (tertiary/aromatic N) is 1. The van der Waals surface area contributed by atoms with Gasteiger partial charge in [0, 0.05) is 24.7 Å². The van der Waals surface area contributed by atoms with Crippen molar-refractivity contribution in [2.75, 3.05) is 13.1 Å². The number of rotatable bonds is 3. The van der Waals surface area contributed by atoms with E-state index in [1.165, 1.54) is 0 Å². The molecular formula is C13H13ClF4NO3S+. The predicted molar refractivity (Wildman–Crippen MR) is 75.6 cm³/mol. The van der Waals surface area contributed by atoms with Gasteiger partial charge in [0.1, 0.15) is 5.82 Å². The summed E-state index contributed by atoms with van der Waals surface area (Å²) in [5.41, 5.74) is 0.152. The Hall–Kier alpha value is -1.19. The number of hydrogen-bond donors (Lipinski definition) is 1. The van der Waals surface area contributed by atoms with Gasteiger partial charge in [-0.05, 0) is 35.1 Å². The molecule has 1 aliphatic heterocycles. The summed E-state index contributed by atoms with van der Waals surface area (Å²) >= 11 is 0. The van der Waals surface area contributed by atoms with E-state index in [0.717, 1.165) is 18.2 Å². The molecule has 0 saturated carbocycles. The lowest BCUT2D eigenvalue weighted by Crippen LogP contribution is -2.39. The highest BCUT2D eigenvalue weighted by Crippen LogP contribution is 2.31. The molecule has 4 nitrogen and oxygen atoms in total. The zero-order valence-electron chi connectivity index (χ0n) is 11.6. The van der Waals surface area contributed by atoms with E-state index < -0.39 is 27.3 Å². The first kappa shape index (κ1) is 18.2. The minimum atomic E-state index is -4.94. The summed E-state index contributed by atoms with van der Waals surface area (Å²) in [4.78, 5) is 11.7. The topological polar surface area (TPSA) is 57.6 Å². The average molecular weight is 375 g/mol. The number of amides is 1. The standard InChI is InChI=1S/C13H12ClF4NO3S/c14-23(21,22)11-2-1-10(15)6-9(11)5-8-3-4-19(7-8)12(20)13(16,17)18/h1-2,6,8H,3-5,7H2/p+1/t8-/m1/s1. The number of hydrogen-bond acceptors (Lipinski definition) is 2. The molecule has 1 heterocycles. The molecule has 1 aromatic carbocycles. The molecule has 23 heavy (non-hydrogen) atoms. The molecule has 1 N–H and O–H groups in total. The Labute approximate surface area is 135 Å². The van der Waals surface area contributed by atoms with Crippen LogP contribution in [-0.2, 0) is 24.9 Å². The zero-order chi connectivity index (χ0) is 17.4. The van der Waals surface area contributed by atoms with Crippen molar-refractivity contribution in [2.45, 2.75) is 23.9 Å². The van der Waals surface area contributed by atoms with Crippen molar-refractivity contribution in [1.29, 1.82) is 0 Å². The van der Waals surface area contributed by atoms with Crippen LogP contribution < -0.4 is 0 Å². The fourth-order valence-corrected chi connectivity index (χ4v) is 3.78. The van der Waals surface area contributed by atoms with Crippen molar-refractivity contribution in [3.63, 3.8) is 0 Å². The first-order valence-electron chi connectivity index (χ1n) is 6.59. The van der Waals surface area contributed by atoms with E-state index in [0.29, 0.717) is 4.90 Å². The number of halogens is 5. The minimum Gasteiger partial charge on any atom is -0.335 e. The van der Waals surface area contributed by atoms with Crippen molar-refractivity contribution in [2.24, 2.45) is 5.92 Å². The van der Waals surface area contributed by atoms with Gasteiger partial charge in [0.15, 0.2) is 0 Å². The molecule has 0 bridgehead atoms. The maximum Gasteiger partial charge on any atom is 0.471 e. The summed E-state index contributed by atoms with van der Waals surface area (Å²) in [6, 6.07) is 3.08. The van der Waals surface area contributed by atoms with Crippen LogP contribution in [0, 0.1) is 11.7 Å². The quantitative estimate of drug-likeness (QED) is 0.502. The minimum absolute atomic E-state index is 0.0546. The highest BCUT2D eigenvalue weighted by Gasteiger charge is 2.44. The maximum atomic E-state index is 13.3. The van der Waals surface area contributed by atoms with Crippen LogP contribution >= 0.6 is 10.7 Å². The first-order chi connectivity index (χ1) is 10.5. The second-order valence-corrected chi connectivity index (χ2v) is 7.93. The van der Waals surface area contributed by atoms with Crippen molar-refractivity contribution >= 4 is 26.0 Å². The Morgan fingerprint density at radius 2 is 2.09 bits per heavy atom. The Morgan fingerprint density at radius 3 is 2.65 bits per heavy atom. The third kappa shape index (κ3) is 4.42. The lowest BCUT2D eigenvalue weighted by atomic mass is 9.98. The van der Waals surface area contributed by atoms with Gasteiger partial charge in [-0.3, -0.25) is 4.79 Å². The molecule has 0 radical (unpaired) electrons. The number of benzene rings is 1. The van der Waals surface area contributed by atoms with Gasteiger partial charge in [0.05, 0.1) is 0 Å². The molecule has 1 amide bonds. The van der Waals surface area contributed by atoms with Crippen molar-refractivity contribution < 1.29 is 31.1 Å². The van der Waals surface area contributed by atoms with Crippen LogP contribution in [0.1, 0.15) is 12.0 Å². The summed E-state index contributed by atoms with van der Waals surface area (Å²) in [5.74, 6) is -2.94. The molecule has 0 spiro atoms. The van der Waals surface area contributed by atoms with Gasteiger partial charge >= 0.3 is 21.5 Å². The van der Waals surface area contributed by atoms with Gasteiger partial charge in [0.25, 0.3) is 0 Å². The lowest BCUT2D eigenvalue weighted by Gasteiger charge is -2.18. The molecule has 1 fully saturated rings. The normalized spacial score (nSPS) is 21.3. The zero-order valence-corrected chi connectivity index (χ0v) is 13.2. The van der Waals surface area contributed by atoms with Crippen LogP contribution in [-0.4, -0.2) is 34.6 Å². The smallest absolute Gasteiger partial charge is 0.335 e. The molecule has 0 aromatic heterocycles. The van der Waals surface area contributed by atoms with E-state index in [4.69, 9.17) is 10.7 Å². The van der Waals surface area contributed by atoms with Crippen LogP contribution in [0.5, 0.6) is 0 Å². The third-order valence-corrected chi connectivity index (χ3v) is 5.06. The monoisotopic (exact) mass is 374 g/mol. The van der Waals surface area contributed by atoms with Gasteiger partial charge in [-0.1, -0.05) is 0 Å². The third-order valence-electron chi connectivity index (χ3n) is 3.62. The molecule has 128 valence electrons. The number of carbonyl (C=O) groups is 1. The fraction of sp³-hybridized carbons (Fsp3) is 0.462. The van der Waals surface area contributed by atoms with Crippen LogP contribution in [0.25, 0.3) is 0 Å². The Kier molecular flexibility index (Phi) is 5.03. The molecular weight excluding hydrogens is 362 g/mol. The predicted octanol–water partition coefficient (Wildman–Crippen LogP) is 3.26. The average Bonchev–Trinajstić information content (AvgIpc) is 2.83. The number of alkyl halides is 3. The van der Waals surface area contributed by atoms with E-state index in [2.05, 4.69) is 0 Å². The molecule has 2 rings (SSSR count). The summed E-state index contributed by atoms with van der Waals surface area (Å²) in [7, 11) is 1.54. The Bertz CT molecular complexity index is 661. The van der Waals surface area contributed by atoms with E-state index >= 15 is 0 Å². The number of carbonyl (C=O) groups excluding carboxylic acids is 1. The molecule has 10 heteroatoms. The van der Waals surface area contributed by atoms with Crippen LogP contribution in [0.4, 0.5) is 17.6 Å². The summed E-state index contributed by atoms with van der Waals surface area (Å²) < 4.78 is 71.6. The molecule has 1 aromatic rings. The van der Waals surface area contributed by atoms with Crippen molar-refractivity contribution in [3.05, 3.63) is 29.6 Å². The second-order valence-electron chi connectivity index (χ2n) is 5.32. The SMILES string of the molecule is O=C(N1CC[C@H](Cc2cc(F)ccc2[S+](=O)(O)Cl)C1)C(F)(F)F. The largest absolute Gasteiger partial charge is 0.471 e. The van der Waals surface area contributed by atoms with Gasteiger partial charge in [-0.15, -0.1) is 0 Å². The maximum absolute atomic E-state index is 13.3. The van der Waals surface area contributed by atoms with Crippen LogP contribution in [0.15, 0.2) is 23.1 Å². The fourth-order valence-electron chi connectivity index (χ4n) is 2.63. The summed E-state index contributed by atoms with van der Waals surface area (Å²) in [6.45, 7) is -0.216. The van der Waals surface area contributed by atoms with Crippen molar-refractivity contribution in [3.8, 4) is 0 Å². The summed E-state index contributed by atoms with van der Waals surface area (Å²) in [5, 5.41) is 0. The second kappa shape index (κ2) is 6.37. The highest BCUT2D eigenvalue weighted by molar-refractivity contribution is 8.19. The van der Waals surface area contributed by atoms with E-state index in [1.807, 2.05) is 0 Å². The molecule has 1 aliphatic rings. The molecule has 0 aliphatic carbocycles. The van der Waals surface area contributed by atoms with Gasteiger partial charge < -0.3 is 4.90 Å². The van der Waals surface area contributed by atoms with Gasteiger partial charge in [-0.2, -0.15) is 17.7 Å². The van der Waals surface area contributed by atoms with Crippen LogP contribution in [0.2, 0.25) is 0 Å². The van der Waals surface area contributed by atoms with Gasteiger partial charge in [-0.25, -0.2) is 4.39 Å². The Morgan fingerprint density at radius 1 is 1.43 bits per heavy atom. The first-order valence-corrected chi connectivity index (χ1v) is 8.93. The highest BCUT2D eigenvalue weighted by atomic mass is 35.7. The summed E-state index contributed by atoms with van der Waals surface area (Å²) in [6.07, 6.45) is -4.60. The molecule has 2 atom stereocenters. The lowest BCUT2D eigenvalue weighted by molar-refractivity contribution is -0.184. The van der Waals surface area contributed by atoms with Crippen molar-refractivity contribution in [1.82, 2.24) is 4.90 Å². The van der Waals surface area contributed by atoms with Gasteiger partial charge in [0.2, 0.25) is 15.6 Å².